The molecule has 2 aliphatic rings. The van der Waals surface area contributed by atoms with Crippen LogP contribution in [0.5, 0.6) is 0 Å². The van der Waals surface area contributed by atoms with Crippen LogP contribution in [0.3, 0.4) is 0 Å². The van der Waals surface area contributed by atoms with E-state index in [9.17, 15) is 9.59 Å². The van der Waals surface area contributed by atoms with Crippen LogP contribution in [-0.4, -0.2) is 69.8 Å². The van der Waals surface area contributed by atoms with E-state index in [1.807, 2.05) is 35.0 Å². The second kappa shape index (κ2) is 9.27. The maximum absolute atomic E-state index is 12.5. The molecular weight excluding hydrogens is 420 g/mol. The Morgan fingerprint density at radius 1 is 0.939 bits per heavy atom. The molecule has 2 fully saturated rings. The summed E-state index contributed by atoms with van der Waals surface area (Å²) >= 11 is 0. The number of anilines is 2. The molecule has 2 aromatic carbocycles. The van der Waals surface area contributed by atoms with Crippen molar-refractivity contribution in [1.82, 2.24) is 30.4 Å². The zero-order valence-corrected chi connectivity index (χ0v) is 18.2. The maximum atomic E-state index is 12.5. The van der Waals surface area contributed by atoms with Gasteiger partial charge in [-0.25, -0.2) is 9.48 Å². The quantitative estimate of drug-likeness (QED) is 0.601. The highest BCUT2D eigenvalue weighted by molar-refractivity contribution is 5.92. The van der Waals surface area contributed by atoms with Gasteiger partial charge in [-0.2, -0.15) is 0 Å². The largest absolute Gasteiger partial charge is 0.368 e. The summed E-state index contributed by atoms with van der Waals surface area (Å²) in [5, 5.41) is 17.4. The Balaban J connectivity index is 1.08. The topological polar surface area (TPSA) is 108 Å². The summed E-state index contributed by atoms with van der Waals surface area (Å²) < 4.78 is 1.85. The van der Waals surface area contributed by atoms with Crippen molar-refractivity contribution in [2.45, 2.75) is 18.9 Å². The van der Waals surface area contributed by atoms with Gasteiger partial charge in [0.05, 0.1) is 12.6 Å². The normalized spacial score (nSPS) is 15.9. The van der Waals surface area contributed by atoms with Gasteiger partial charge in [-0.05, 0) is 59.7 Å². The number of para-hydroxylation sites is 1. The number of amides is 3. The first kappa shape index (κ1) is 20.9. The Labute approximate surface area is 191 Å². The predicted molar refractivity (Wildman–Crippen MR) is 124 cm³/mol. The third-order valence-electron chi connectivity index (χ3n) is 5.94. The molecule has 3 amide bonds. The molecule has 1 saturated carbocycles. The number of aromatic nitrogens is 4. The summed E-state index contributed by atoms with van der Waals surface area (Å²) in [6.07, 6.45) is 2.19. The van der Waals surface area contributed by atoms with Gasteiger partial charge in [0.2, 0.25) is 5.91 Å². The van der Waals surface area contributed by atoms with Crippen molar-refractivity contribution in [3.63, 3.8) is 0 Å². The molecular formula is C23H26N8O2. The van der Waals surface area contributed by atoms with Crippen LogP contribution >= 0.6 is 0 Å². The molecule has 1 aromatic heterocycles. The van der Waals surface area contributed by atoms with E-state index in [0.717, 1.165) is 43.0 Å². The number of tetrazole rings is 1. The third-order valence-corrected chi connectivity index (χ3v) is 5.94. The molecule has 0 spiro atoms. The molecule has 2 N–H and O–H groups in total. The van der Waals surface area contributed by atoms with Crippen molar-refractivity contribution in [3.05, 3.63) is 54.6 Å². The van der Waals surface area contributed by atoms with Gasteiger partial charge >= 0.3 is 6.03 Å². The van der Waals surface area contributed by atoms with Crippen molar-refractivity contribution in [2.24, 2.45) is 0 Å². The van der Waals surface area contributed by atoms with E-state index in [4.69, 9.17) is 0 Å². The molecule has 1 aliphatic carbocycles. The monoisotopic (exact) mass is 446 g/mol. The van der Waals surface area contributed by atoms with Crippen LogP contribution in [0.1, 0.15) is 18.9 Å². The number of carbonyl (C=O) groups excluding carboxylic acids is 2. The van der Waals surface area contributed by atoms with E-state index in [1.165, 1.54) is 0 Å². The van der Waals surface area contributed by atoms with Crippen LogP contribution in [0, 0.1) is 0 Å². The van der Waals surface area contributed by atoms with E-state index in [-0.39, 0.29) is 12.5 Å². The summed E-state index contributed by atoms with van der Waals surface area (Å²) in [7, 11) is 0. The third kappa shape index (κ3) is 4.94. The lowest BCUT2D eigenvalue weighted by Gasteiger charge is -2.36. The molecule has 10 nitrogen and oxygen atoms in total. The highest BCUT2D eigenvalue weighted by atomic mass is 16.2. The summed E-state index contributed by atoms with van der Waals surface area (Å²) in [5.41, 5.74) is 2.69. The van der Waals surface area contributed by atoms with Crippen LogP contribution in [0.2, 0.25) is 0 Å². The Morgan fingerprint density at radius 2 is 1.67 bits per heavy atom. The average molecular weight is 447 g/mol. The minimum atomic E-state index is -0.415. The predicted octanol–water partition coefficient (Wildman–Crippen LogP) is 2.15. The van der Waals surface area contributed by atoms with E-state index >= 15 is 0 Å². The van der Waals surface area contributed by atoms with Gasteiger partial charge in [0.15, 0.2) is 5.82 Å². The second-order valence-corrected chi connectivity index (χ2v) is 8.27. The number of nitrogens with zero attached hydrogens (tertiary/aromatic N) is 6. The average Bonchev–Trinajstić information content (AvgIpc) is 3.60. The number of hydrogen-bond acceptors (Lipinski definition) is 6. The maximum Gasteiger partial charge on any atom is 0.319 e. The van der Waals surface area contributed by atoms with Gasteiger partial charge in [0.25, 0.3) is 0 Å². The SMILES string of the molecule is O=C(NCC(=O)N1CCN(c2ccccc2)CC1)Nc1ccc(-c2nnnn2C2CC2)cc1. The van der Waals surface area contributed by atoms with E-state index in [1.54, 1.807) is 17.0 Å². The lowest BCUT2D eigenvalue weighted by atomic mass is 10.2. The van der Waals surface area contributed by atoms with Crippen LogP contribution in [0.15, 0.2) is 54.6 Å². The Hall–Kier alpha value is -3.95. The number of nitrogens with one attached hydrogen (secondary N) is 2. The second-order valence-electron chi connectivity index (χ2n) is 8.27. The molecule has 0 radical (unpaired) electrons. The molecule has 1 saturated heterocycles. The van der Waals surface area contributed by atoms with Crippen molar-refractivity contribution < 1.29 is 9.59 Å². The molecule has 1 aliphatic heterocycles. The van der Waals surface area contributed by atoms with Crippen molar-refractivity contribution in [1.29, 1.82) is 0 Å². The molecule has 170 valence electrons. The first-order chi connectivity index (χ1) is 16.2. The van der Waals surface area contributed by atoms with Crippen LogP contribution in [-0.2, 0) is 4.79 Å². The zero-order chi connectivity index (χ0) is 22.6. The van der Waals surface area contributed by atoms with Crippen molar-refractivity contribution >= 4 is 23.3 Å². The highest BCUT2D eigenvalue weighted by Gasteiger charge is 2.28. The molecule has 0 bridgehead atoms. The first-order valence-electron chi connectivity index (χ1n) is 11.2. The lowest BCUT2D eigenvalue weighted by Crippen LogP contribution is -2.51. The van der Waals surface area contributed by atoms with Gasteiger partial charge in [0.1, 0.15) is 0 Å². The molecule has 10 heteroatoms. The molecule has 33 heavy (non-hydrogen) atoms. The minimum Gasteiger partial charge on any atom is -0.368 e. The molecule has 2 heterocycles. The number of urea groups is 1. The van der Waals surface area contributed by atoms with Gasteiger partial charge in [-0.15, -0.1) is 5.10 Å². The summed E-state index contributed by atoms with van der Waals surface area (Å²) in [4.78, 5) is 28.8. The van der Waals surface area contributed by atoms with E-state index in [0.29, 0.717) is 24.8 Å². The van der Waals surface area contributed by atoms with Crippen molar-refractivity contribution in [3.8, 4) is 11.4 Å². The fourth-order valence-corrected chi connectivity index (χ4v) is 3.95. The Kier molecular flexibility index (Phi) is 5.88. The van der Waals surface area contributed by atoms with Crippen LogP contribution in [0.4, 0.5) is 16.2 Å². The molecule has 5 rings (SSSR count). The van der Waals surface area contributed by atoms with Crippen molar-refractivity contribution in [2.75, 3.05) is 42.9 Å². The molecule has 0 atom stereocenters. The Morgan fingerprint density at radius 3 is 2.36 bits per heavy atom. The van der Waals surface area contributed by atoms with Gasteiger partial charge in [-0.1, -0.05) is 18.2 Å². The van der Waals surface area contributed by atoms with Crippen LogP contribution in [0.25, 0.3) is 11.4 Å². The molecule has 3 aromatic rings. The Bertz CT molecular complexity index is 1100. The number of piperazine rings is 1. The minimum absolute atomic E-state index is 0.0363. The van der Waals surface area contributed by atoms with Crippen LogP contribution < -0.4 is 15.5 Å². The summed E-state index contributed by atoms with van der Waals surface area (Å²) in [6, 6.07) is 17.5. The number of rotatable bonds is 6. The molecule has 0 unspecified atom stereocenters. The highest BCUT2D eigenvalue weighted by Crippen LogP contribution is 2.36. The standard InChI is InChI=1S/C23H26N8O2/c32-21(30-14-12-29(13-15-30)19-4-2-1-3-5-19)16-24-23(33)25-18-8-6-17(7-9-18)22-26-27-28-31(22)20-10-11-20/h1-9,20H,10-16H2,(H2,24,25,33). The number of benzene rings is 2. The van der Waals surface area contributed by atoms with Gasteiger partial charge in [0, 0.05) is 43.1 Å². The fourth-order valence-electron chi connectivity index (χ4n) is 3.95. The van der Waals surface area contributed by atoms with E-state index in [2.05, 4.69) is 43.2 Å². The summed E-state index contributed by atoms with van der Waals surface area (Å²) in [5.74, 6) is 0.645. The van der Waals surface area contributed by atoms with E-state index < -0.39 is 6.03 Å². The first-order valence-corrected chi connectivity index (χ1v) is 11.2. The van der Waals surface area contributed by atoms with Gasteiger partial charge < -0.3 is 20.4 Å². The number of carbonyl (C=O) groups is 2. The lowest BCUT2D eigenvalue weighted by molar-refractivity contribution is -0.130. The zero-order valence-electron chi connectivity index (χ0n) is 18.2. The summed E-state index contributed by atoms with van der Waals surface area (Å²) in [6.45, 7) is 2.79. The number of hydrogen-bond donors (Lipinski definition) is 2. The smallest absolute Gasteiger partial charge is 0.319 e. The van der Waals surface area contributed by atoms with Gasteiger partial charge in [-0.3, -0.25) is 4.79 Å². The fraction of sp³-hybridized carbons (Fsp3) is 0.348.